The lowest BCUT2D eigenvalue weighted by molar-refractivity contribution is -0.131. The molecular formula is C30H48N2O7. The van der Waals surface area contributed by atoms with Crippen LogP contribution in [-0.2, 0) is 19.1 Å². The van der Waals surface area contributed by atoms with Crippen LogP contribution in [0, 0.1) is 17.8 Å². The van der Waals surface area contributed by atoms with Gasteiger partial charge < -0.3 is 26.0 Å². The zero-order valence-electron chi connectivity index (χ0n) is 24.2. The number of carbonyl (C=O) groups excluding carboxylic acids is 3. The van der Waals surface area contributed by atoms with Crippen molar-refractivity contribution >= 4 is 23.8 Å². The van der Waals surface area contributed by atoms with E-state index in [1.165, 1.54) is 6.08 Å². The molecule has 0 fully saturated rings. The Balaban J connectivity index is 4.18. The van der Waals surface area contributed by atoms with Gasteiger partial charge in [-0.15, -0.1) is 0 Å². The Hall–Kier alpha value is -3.20. The van der Waals surface area contributed by atoms with Crippen LogP contribution in [-0.4, -0.2) is 52.7 Å². The molecule has 0 aromatic heterocycles. The third kappa shape index (κ3) is 19.5. The van der Waals surface area contributed by atoms with E-state index >= 15 is 0 Å². The number of carboxylic acids is 1. The molecule has 0 aromatic rings. The summed E-state index contributed by atoms with van der Waals surface area (Å²) >= 11 is 0. The Kier molecular flexibility index (Phi) is 18.2. The van der Waals surface area contributed by atoms with Crippen molar-refractivity contribution in [2.75, 3.05) is 6.54 Å². The third-order valence-electron chi connectivity index (χ3n) is 6.23. The van der Waals surface area contributed by atoms with Gasteiger partial charge in [-0.2, -0.15) is 0 Å². The van der Waals surface area contributed by atoms with E-state index in [-0.39, 0.29) is 24.7 Å². The Morgan fingerprint density at radius 3 is 2.23 bits per heavy atom. The predicted molar refractivity (Wildman–Crippen MR) is 153 cm³/mol. The molecule has 0 saturated heterocycles. The van der Waals surface area contributed by atoms with Crippen molar-refractivity contribution in [1.82, 2.24) is 5.32 Å². The highest BCUT2D eigenvalue weighted by atomic mass is 16.6. The number of ether oxygens (including phenoxy) is 1. The first-order valence-corrected chi connectivity index (χ1v) is 13.5. The standard InChI is InChI=1S/C30H48N2O7/c1-20(14-22(3)15-23(4)17-28(35)36)12-10-8-7-9-11-13-21(2)16-26(33)18-27(34)19-32-29(37)24(5)25(6)39-30(31)38/h7-9,11,17,21-22,24-25,27,34H,1,10,12-16,18-19H2,2-6H3,(H2,31,38)(H,32,37)(H,35,36)/b8-7-,11-9+,23-17+. The maximum absolute atomic E-state index is 12.3. The van der Waals surface area contributed by atoms with Gasteiger partial charge in [0.25, 0.3) is 0 Å². The first kappa shape index (κ1) is 35.8. The second kappa shape index (κ2) is 19.8. The minimum absolute atomic E-state index is 0.0477. The quantitative estimate of drug-likeness (QED) is 0.0962. The average molecular weight is 549 g/mol. The van der Waals surface area contributed by atoms with Gasteiger partial charge in [-0.05, 0) is 57.8 Å². The van der Waals surface area contributed by atoms with Crippen LogP contribution in [0.25, 0.3) is 0 Å². The van der Waals surface area contributed by atoms with Crippen molar-refractivity contribution in [3.63, 3.8) is 0 Å². The second-order valence-corrected chi connectivity index (χ2v) is 10.6. The molecule has 9 heteroatoms. The fourth-order valence-electron chi connectivity index (χ4n) is 4.11. The molecular weight excluding hydrogens is 500 g/mol. The number of hydrogen-bond acceptors (Lipinski definition) is 6. The van der Waals surface area contributed by atoms with Gasteiger partial charge in [0.1, 0.15) is 11.9 Å². The molecule has 0 rings (SSSR count). The maximum atomic E-state index is 12.3. The number of aliphatic carboxylic acids is 1. The summed E-state index contributed by atoms with van der Waals surface area (Å²) < 4.78 is 4.78. The van der Waals surface area contributed by atoms with Crippen molar-refractivity contribution in [3.05, 3.63) is 48.1 Å². The lowest BCUT2D eigenvalue weighted by atomic mass is 9.93. The van der Waals surface area contributed by atoms with Crippen LogP contribution in [0.3, 0.4) is 0 Å². The summed E-state index contributed by atoms with van der Waals surface area (Å²) in [6, 6.07) is 0. The summed E-state index contributed by atoms with van der Waals surface area (Å²) in [6.45, 7) is 13.1. The molecule has 0 bridgehead atoms. The van der Waals surface area contributed by atoms with Gasteiger partial charge in [-0.25, -0.2) is 9.59 Å². The predicted octanol–water partition coefficient (Wildman–Crippen LogP) is 4.85. The summed E-state index contributed by atoms with van der Waals surface area (Å²) in [7, 11) is 0. The van der Waals surface area contributed by atoms with Crippen molar-refractivity contribution in [3.8, 4) is 0 Å². The first-order chi connectivity index (χ1) is 18.2. The normalized spacial score (nSPS) is 15.9. The van der Waals surface area contributed by atoms with Crippen LogP contribution < -0.4 is 11.1 Å². The summed E-state index contributed by atoms with van der Waals surface area (Å²) in [5.41, 5.74) is 6.96. The highest BCUT2D eigenvalue weighted by Gasteiger charge is 2.23. The fourth-order valence-corrected chi connectivity index (χ4v) is 4.11. The van der Waals surface area contributed by atoms with E-state index < -0.39 is 36.1 Å². The van der Waals surface area contributed by atoms with Crippen LogP contribution in [0.4, 0.5) is 4.79 Å². The number of aliphatic hydroxyl groups excluding tert-OH is 1. The Labute approximate surface area is 233 Å². The summed E-state index contributed by atoms with van der Waals surface area (Å²) in [4.78, 5) is 45.9. The molecule has 0 radical (unpaired) electrons. The lowest BCUT2D eigenvalue weighted by Gasteiger charge is -2.20. The number of Topliss-reactive ketones (excluding diaryl/α,β-unsaturated/α-hetero) is 1. The Morgan fingerprint density at radius 1 is 0.974 bits per heavy atom. The number of aliphatic hydroxyl groups is 1. The highest BCUT2D eigenvalue weighted by Crippen LogP contribution is 2.21. The largest absolute Gasteiger partial charge is 0.478 e. The van der Waals surface area contributed by atoms with E-state index in [0.717, 1.165) is 43.3 Å². The van der Waals surface area contributed by atoms with E-state index in [9.17, 15) is 24.3 Å². The van der Waals surface area contributed by atoms with Crippen LogP contribution >= 0.6 is 0 Å². The molecule has 9 nitrogen and oxygen atoms in total. The van der Waals surface area contributed by atoms with Gasteiger partial charge in [0, 0.05) is 25.5 Å². The van der Waals surface area contributed by atoms with Crippen molar-refractivity contribution < 1.29 is 34.1 Å². The number of ketones is 1. The number of nitrogens with one attached hydrogen (secondary N) is 1. The molecule has 5 atom stereocenters. The van der Waals surface area contributed by atoms with Gasteiger partial charge in [-0.1, -0.05) is 62.8 Å². The lowest BCUT2D eigenvalue weighted by Crippen LogP contribution is -2.41. The Morgan fingerprint density at radius 2 is 1.62 bits per heavy atom. The number of amides is 2. The highest BCUT2D eigenvalue weighted by molar-refractivity contribution is 5.81. The van der Waals surface area contributed by atoms with Crippen LogP contribution in [0.15, 0.2) is 48.1 Å². The van der Waals surface area contributed by atoms with Crippen molar-refractivity contribution in [2.24, 2.45) is 23.5 Å². The monoisotopic (exact) mass is 548 g/mol. The van der Waals surface area contributed by atoms with Crippen LogP contribution in [0.5, 0.6) is 0 Å². The zero-order chi connectivity index (χ0) is 30.0. The summed E-state index contributed by atoms with van der Waals surface area (Å²) in [6.07, 6.45) is 11.0. The molecule has 0 heterocycles. The molecule has 0 aromatic carbocycles. The number of hydrogen-bond donors (Lipinski definition) is 4. The van der Waals surface area contributed by atoms with E-state index in [1.54, 1.807) is 13.8 Å². The fraction of sp³-hybridized carbons (Fsp3) is 0.600. The van der Waals surface area contributed by atoms with E-state index in [2.05, 4.69) is 24.9 Å². The molecule has 0 aliphatic heterocycles. The summed E-state index contributed by atoms with van der Waals surface area (Å²) in [5, 5.41) is 21.5. The minimum atomic E-state index is -0.991. The molecule has 39 heavy (non-hydrogen) atoms. The molecule has 0 spiro atoms. The van der Waals surface area contributed by atoms with Crippen molar-refractivity contribution in [2.45, 2.75) is 91.8 Å². The number of carbonyl (C=O) groups is 4. The van der Waals surface area contributed by atoms with Crippen molar-refractivity contribution in [1.29, 1.82) is 0 Å². The smallest absolute Gasteiger partial charge is 0.404 e. The molecule has 2 amide bonds. The number of primary amides is 1. The number of allylic oxidation sites excluding steroid dienone is 6. The molecule has 0 aliphatic carbocycles. The van der Waals surface area contributed by atoms with Gasteiger partial charge in [0.2, 0.25) is 5.91 Å². The second-order valence-electron chi connectivity index (χ2n) is 10.6. The molecule has 220 valence electrons. The van der Waals surface area contributed by atoms with E-state index in [4.69, 9.17) is 15.6 Å². The number of rotatable bonds is 20. The number of carboxylic acid groups (broad SMARTS) is 1. The molecule has 0 aliphatic rings. The van der Waals surface area contributed by atoms with Gasteiger partial charge in [0.15, 0.2) is 0 Å². The van der Waals surface area contributed by atoms with Gasteiger partial charge in [0.05, 0.1) is 12.0 Å². The summed E-state index contributed by atoms with van der Waals surface area (Å²) in [5.74, 6) is -1.56. The van der Waals surface area contributed by atoms with Crippen LogP contribution in [0.1, 0.15) is 79.6 Å². The molecule has 5 N–H and O–H groups in total. The van der Waals surface area contributed by atoms with Gasteiger partial charge >= 0.3 is 12.1 Å². The maximum Gasteiger partial charge on any atom is 0.404 e. The topological polar surface area (TPSA) is 156 Å². The van der Waals surface area contributed by atoms with E-state index in [1.807, 2.05) is 32.1 Å². The van der Waals surface area contributed by atoms with Crippen LogP contribution in [0.2, 0.25) is 0 Å². The van der Waals surface area contributed by atoms with E-state index in [0.29, 0.717) is 12.3 Å². The van der Waals surface area contributed by atoms with Gasteiger partial charge in [-0.3, -0.25) is 9.59 Å². The first-order valence-electron chi connectivity index (χ1n) is 13.5. The Bertz CT molecular complexity index is 907. The molecule has 5 unspecified atom stereocenters. The molecule has 0 saturated carbocycles. The zero-order valence-corrected chi connectivity index (χ0v) is 24.2. The SMILES string of the molecule is C=C(CC/C=C\C=C\CC(C)CC(=O)CC(O)CNC(=O)C(C)C(C)OC(N)=O)CC(C)C/C(C)=C/C(=O)O. The third-order valence-corrected chi connectivity index (χ3v) is 6.23. The minimum Gasteiger partial charge on any atom is -0.478 e. The number of nitrogens with two attached hydrogens (primary N) is 1. The average Bonchev–Trinajstić information content (AvgIpc) is 2.79.